The van der Waals surface area contributed by atoms with E-state index < -0.39 is 0 Å². The van der Waals surface area contributed by atoms with Crippen molar-refractivity contribution in [1.82, 2.24) is 9.78 Å². The second-order valence-electron chi connectivity index (χ2n) is 3.15. The van der Waals surface area contributed by atoms with Crippen LogP contribution in [0.5, 0.6) is 0 Å². The Morgan fingerprint density at radius 2 is 2.40 bits per heavy atom. The predicted molar refractivity (Wildman–Crippen MR) is 61.0 cm³/mol. The van der Waals surface area contributed by atoms with E-state index in [0.717, 1.165) is 16.3 Å². The Bertz CT molecular complexity index is 486. The number of ketones is 1. The predicted octanol–water partition coefficient (Wildman–Crippen LogP) is 2.18. The Balaban J connectivity index is 2.32. The first-order valence-electron chi connectivity index (χ1n) is 4.53. The summed E-state index contributed by atoms with van der Waals surface area (Å²) < 4.78 is 1.74. The van der Waals surface area contributed by atoms with Gasteiger partial charge in [-0.2, -0.15) is 5.10 Å². The van der Waals surface area contributed by atoms with Crippen LogP contribution in [0.4, 0.5) is 5.69 Å². The largest absolute Gasteiger partial charge is 0.386 e. The Labute approximate surface area is 91.5 Å². The lowest BCUT2D eigenvalue weighted by Crippen LogP contribution is -1.92. The van der Waals surface area contributed by atoms with Crippen LogP contribution in [0, 0.1) is 0 Å². The molecule has 4 nitrogen and oxygen atoms in total. The zero-order valence-electron chi connectivity index (χ0n) is 8.52. The monoisotopic (exact) mass is 221 g/mol. The van der Waals surface area contributed by atoms with E-state index in [9.17, 15) is 4.79 Å². The highest BCUT2D eigenvalue weighted by Crippen LogP contribution is 2.19. The fraction of sp³-hybridized carbons (Fsp3) is 0.200. The molecular formula is C10H11N3OS. The molecule has 2 aromatic rings. The van der Waals surface area contributed by atoms with Gasteiger partial charge in [-0.25, -0.2) is 4.68 Å². The van der Waals surface area contributed by atoms with Gasteiger partial charge in [-0.1, -0.05) is 0 Å². The molecule has 0 atom stereocenters. The van der Waals surface area contributed by atoms with Crippen molar-refractivity contribution in [3.63, 3.8) is 0 Å². The molecule has 1 N–H and O–H groups in total. The molecule has 0 amide bonds. The Kier molecular flexibility index (Phi) is 2.55. The molecule has 5 heteroatoms. The summed E-state index contributed by atoms with van der Waals surface area (Å²) in [5.41, 5.74) is 1.87. The molecule has 0 aromatic carbocycles. The second kappa shape index (κ2) is 3.86. The highest BCUT2D eigenvalue weighted by atomic mass is 32.1. The molecule has 0 unspecified atom stereocenters. The van der Waals surface area contributed by atoms with Crippen molar-refractivity contribution in [2.45, 2.75) is 6.92 Å². The molecule has 0 aliphatic rings. The Hall–Kier alpha value is -1.62. The van der Waals surface area contributed by atoms with Gasteiger partial charge in [0.25, 0.3) is 0 Å². The van der Waals surface area contributed by atoms with E-state index in [0.29, 0.717) is 0 Å². The Morgan fingerprint density at radius 3 is 2.93 bits per heavy atom. The van der Waals surface area contributed by atoms with Gasteiger partial charge in [0.15, 0.2) is 5.78 Å². The number of Topliss-reactive ketones (excluding diaryl/α,β-unsaturated/α-hetero) is 1. The average molecular weight is 221 g/mol. The van der Waals surface area contributed by atoms with Crippen molar-refractivity contribution >= 4 is 22.8 Å². The van der Waals surface area contributed by atoms with Gasteiger partial charge in [-0.3, -0.25) is 4.79 Å². The van der Waals surface area contributed by atoms with Crippen LogP contribution in [0.3, 0.4) is 0 Å². The molecule has 0 saturated carbocycles. The minimum absolute atomic E-state index is 0.0900. The van der Waals surface area contributed by atoms with Gasteiger partial charge >= 0.3 is 0 Å². The number of anilines is 1. The minimum atomic E-state index is 0.0900. The summed E-state index contributed by atoms with van der Waals surface area (Å²) in [6, 6.07) is 1.85. The lowest BCUT2D eigenvalue weighted by atomic mass is 10.3. The van der Waals surface area contributed by atoms with E-state index in [1.54, 1.807) is 17.8 Å². The first-order chi connectivity index (χ1) is 7.20. The molecule has 0 radical (unpaired) electrons. The third-order valence-electron chi connectivity index (χ3n) is 2.07. The van der Waals surface area contributed by atoms with Crippen LogP contribution < -0.4 is 5.32 Å². The van der Waals surface area contributed by atoms with Crippen LogP contribution in [0.25, 0.3) is 5.69 Å². The summed E-state index contributed by atoms with van der Waals surface area (Å²) in [6.07, 6.45) is 3.62. The minimum Gasteiger partial charge on any atom is -0.386 e. The molecule has 0 aliphatic carbocycles. The van der Waals surface area contributed by atoms with Crippen LogP contribution in [0.2, 0.25) is 0 Å². The van der Waals surface area contributed by atoms with Crippen LogP contribution in [0.1, 0.15) is 16.6 Å². The van der Waals surface area contributed by atoms with Crippen LogP contribution in [0.15, 0.2) is 23.8 Å². The maximum absolute atomic E-state index is 11.1. The van der Waals surface area contributed by atoms with Crippen LogP contribution in [-0.2, 0) is 0 Å². The first kappa shape index (κ1) is 9.92. The van der Waals surface area contributed by atoms with Crippen molar-refractivity contribution in [2.75, 3.05) is 12.4 Å². The quantitative estimate of drug-likeness (QED) is 0.808. The van der Waals surface area contributed by atoms with E-state index in [2.05, 4.69) is 10.4 Å². The number of carbonyl (C=O) groups is 1. The molecule has 15 heavy (non-hydrogen) atoms. The molecule has 0 fully saturated rings. The third-order valence-corrected chi connectivity index (χ3v) is 3.09. The standard InChI is InChI=1S/C10H11N3OS/c1-7(14)10-3-9(6-15-10)13-5-8(11-2)4-12-13/h3-6,11H,1-2H3. The maximum Gasteiger partial charge on any atom is 0.169 e. The molecule has 78 valence electrons. The van der Waals surface area contributed by atoms with Crippen molar-refractivity contribution in [3.05, 3.63) is 28.7 Å². The summed E-state index contributed by atoms with van der Waals surface area (Å²) in [5.74, 6) is 0.0900. The van der Waals surface area contributed by atoms with Gasteiger partial charge in [0.1, 0.15) is 0 Å². The lowest BCUT2D eigenvalue weighted by Gasteiger charge is -1.94. The number of rotatable bonds is 3. The number of nitrogens with zero attached hydrogens (tertiary/aromatic N) is 2. The molecular weight excluding hydrogens is 210 g/mol. The van der Waals surface area contributed by atoms with E-state index in [1.807, 2.05) is 24.7 Å². The number of aromatic nitrogens is 2. The van der Waals surface area contributed by atoms with Gasteiger partial charge < -0.3 is 5.32 Å². The summed E-state index contributed by atoms with van der Waals surface area (Å²) in [7, 11) is 1.84. The summed E-state index contributed by atoms with van der Waals surface area (Å²) >= 11 is 1.44. The van der Waals surface area contributed by atoms with E-state index in [4.69, 9.17) is 0 Å². The fourth-order valence-electron chi connectivity index (χ4n) is 1.22. The molecule has 0 aliphatic heterocycles. The number of carbonyl (C=O) groups excluding carboxylic acids is 1. The van der Waals surface area contributed by atoms with Crippen molar-refractivity contribution in [1.29, 1.82) is 0 Å². The number of hydrogen-bond acceptors (Lipinski definition) is 4. The lowest BCUT2D eigenvalue weighted by molar-refractivity contribution is 0.102. The molecule has 0 spiro atoms. The van der Waals surface area contributed by atoms with Crippen molar-refractivity contribution in [3.8, 4) is 5.69 Å². The van der Waals surface area contributed by atoms with Gasteiger partial charge in [0.05, 0.1) is 28.6 Å². The molecule has 2 heterocycles. The summed E-state index contributed by atoms with van der Waals surface area (Å²) in [4.78, 5) is 11.9. The number of thiophene rings is 1. The normalized spacial score (nSPS) is 10.3. The average Bonchev–Trinajstić information content (AvgIpc) is 2.86. The first-order valence-corrected chi connectivity index (χ1v) is 5.41. The Morgan fingerprint density at radius 1 is 1.60 bits per heavy atom. The van der Waals surface area contributed by atoms with Crippen LogP contribution >= 0.6 is 11.3 Å². The zero-order valence-corrected chi connectivity index (χ0v) is 9.34. The number of nitrogens with one attached hydrogen (secondary N) is 1. The maximum atomic E-state index is 11.1. The third kappa shape index (κ3) is 1.92. The smallest absolute Gasteiger partial charge is 0.169 e. The summed E-state index contributed by atoms with van der Waals surface area (Å²) in [6.45, 7) is 1.57. The molecule has 0 saturated heterocycles. The topological polar surface area (TPSA) is 46.9 Å². The highest BCUT2D eigenvalue weighted by molar-refractivity contribution is 7.12. The van der Waals surface area contributed by atoms with E-state index in [-0.39, 0.29) is 5.78 Å². The SMILES string of the molecule is CNc1cnn(-c2csc(C(C)=O)c2)c1. The highest BCUT2D eigenvalue weighted by Gasteiger charge is 2.06. The van der Waals surface area contributed by atoms with E-state index >= 15 is 0 Å². The van der Waals surface area contributed by atoms with Gasteiger partial charge in [0, 0.05) is 12.4 Å². The van der Waals surface area contributed by atoms with E-state index in [1.165, 1.54) is 11.3 Å². The fourth-order valence-corrected chi connectivity index (χ4v) is 2.00. The second-order valence-corrected chi connectivity index (χ2v) is 4.06. The zero-order chi connectivity index (χ0) is 10.8. The van der Waals surface area contributed by atoms with Crippen molar-refractivity contribution < 1.29 is 4.79 Å². The van der Waals surface area contributed by atoms with Gasteiger partial charge in [0.2, 0.25) is 0 Å². The molecule has 2 rings (SSSR count). The molecule has 0 bridgehead atoms. The summed E-state index contributed by atoms with van der Waals surface area (Å²) in [5, 5.41) is 9.10. The van der Waals surface area contributed by atoms with Gasteiger partial charge in [-0.05, 0) is 13.0 Å². The number of hydrogen-bond donors (Lipinski definition) is 1. The van der Waals surface area contributed by atoms with Crippen molar-refractivity contribution in [2.24, 2.45) is 0 Å². The van der Waals surface area contributed by atoms with Crippen LogP contribution in [-0.4, -0.2) is 22.6 Å². The molecule has 2 aromatic heterocycles. The van der Waals surface area contributed by atoms with Gasteiger partial charge in [-0.15, -0.1) is 11.3 Å².